The van der Waals surface area contributed by atoms with Gasteiger partial charge in [-0.3, -0.25) is 0 Å². The van der Waals surface area contributed by atoms with Crippen LogP contribution >= 0.6 is 0 Å². The van der Waals surface area contributed by atoms with Crippen molar-refractivity contribution in [2.45, 2.75) is 45.3 Å². The van der Waals surface area contributed by atoms with Gasteiger partial charge < -0.3 is 15.0 Å². The summed E-state index contributed by atoms with van der Waals surface area (Å²) in [5.41, 5.74) is 3.16. The van der Waals surface area contributed by atoms with E-state index in [9.17, 15) is 17.6 Å². The number of nitrogens with zero attached hydrogens (tertiary/aromatic N) is 3. The van der Waals surface area contributed by atoms with Gasteiger partial charge in [0.05, 0.1) is 30.3 Å². The lowest BCUT2D eigenvalue weighted by Crippen LogP contribution is -2.36. The van der Waals surface area contributed by atoms with Crippen LogP contribution in [0, 0.1) is 12.7 Å². The molecule has 5 nitrogen and oxygen atoms in total. The standard InChI is InChI=1S/C25H26F4N4O/c1-14(16-5-4-8-20(22(16)26)25(27,28)29)30-24-19-13-21(33-9-11-34-12-10-33)17-6-3-7-18(17)23(19)31-15(2)32-24/h4-5,8,13-14H,3,6-7,9-12H2,1-2H3,(H,30,31,32)/t14-/m1/s1. The lowest BCUT2D eigenvalue weighted by Gasteiger charge is -2.31. The van der Waals surface area contributed by atoms with Gasteiger partial charge in [0, 0.05) is 29.7 Å². The van der Waals surface area contributed by atoms with Crippen molar-refractivity contribution in [1.29, 1.82) is 0 Å². The number of hydrogen-bond acceptors (Lipinski definition) is 5. The number of hydrogen-bond donors (Lipinski definition) is 1. The fraction of sp³-hybridized carbons (Fsp3) is 0.440. The minimum absolute atomic E-state index is 0.0613. The van der Waals surface area contributed by atoms with E-state index in [0.29, 0.717) is 24.9 Å². The molecule has 1 atom stereocenters. The molecule has 2 aliphatic rings. The molecule has 1 saturated heterocycles. The van der Waals surface area contributed by atoms with Crippen molar-refractivity contribution in [3.05, 3.63) is 58.2 Å². The van der Waals surface area contributed by atoms with Crippen LogP contribution in [0.3, 0.4) is 0 Å². The number of morpholine rings is 1. The zero-order valence-electron chi connectivity index (χ0n) is 19.1. The minimum Gasteiger partial charge on any atom is -0.378 e. The van der Waals surface area contributed by atoms with Crippen molar-refractivity contribution in [2.75, 3.05) is 36.5 Å². The zero-order chi connectivity index (χ0) is 24.0. The van der Waals surface area contributed by atoms with Crippen molar-refractivity contribution in [1.82, 2.24) is 9.97 Å². The van der Waals surface area contributed by atoms with E-state index in [2.05, 4.69) is 21.3 Å². The van der Waals surface area contributed by atoms with Crippen molar-refractivity contribution in [3.8, 4) is 0 Å². The number of aromatic nitrogens is 2. The number of benzene rings is 2. The molecule has 180 valence electrons. The molecular formula is C25H26F4N4O. The Labute approximate surface area is 195 Å². The third-order valence-corrected chi connectivity index (χ3v) is 6.66. The van der Waals surface area contributed by atoms with Crippen LogP contribution in [0.25, 0.3) is 10.9 Å². The molecule has 2 aromatic carbocycles. The third-order valence-electron chi connectivity index (χ3n) is 6.66. The summed E-state index contributed by atoms with van der Waals surface area (Å²) >= 11 is 0. The molecule has 0 spiro atoms. The smallest absolute Gasteiger partial charge is 0.378 e. The van der Waals surface area contributed by atoms with Gasteiger partial charge in [0.1, 0.15) is 17.5 Å². The molecule has 0 unspecified atom stereocenters. The fourth-order valence-electron chi connectivity index (χ4n) is 5.04. The van der Waals surface area contributed by atoms with Crippen molar-refractivity contribution >= 4 is 22.4 Å². The van der Waals surface area contributed by atoms with Gasteiger partial charge in [-0.25, -0.2) is 14.4 Å². The van der Waals surface area contributed by atoms with Crippen molar-refractivity contribution in [2.24, 2.45) is 0 Å². The van der Waals surface area contributed by atoms with E-state index in [1.807, 2.05) is 0 Å². The molecule has 2 heterocycles. The Morgan fingerprint density at radius 1 is 1.09 bits per heavy atom. The van der Waals surface area contributed by atoms with E-state index in [-0.39, 0.29) is 5.56 Å². The van der Waals surface area contributed by atoms with Gasteiger partial charge in [-0.15, -0.1) is 0 Å². The number of alkyl halides is 3. The molecule has 0 radical (unpaired) electrons. The number of aryl methyl sites for hydroxylation is 2. The van der Waals surface area contributed by atoms with E-state index < -0.39 is 23.6 Å². The largest absolute Gasteiger partial charge is 0.419 e. The maximum Gasteiger partial charge on any atom is 0.419 e. The molecule has 5 rings (SSSR count). The first-order chi connectivity index (χ1) is 16.2. The van der Waals surface area contributed by atoms with Gasteiger partial charge in [0.2, 0.25) is 0 Å². The molecule has 0 bridgehead atoms. The van der Waals surface area contributed by atoms with Gasteiger partial charge in [-0.05, 0) is 56.4 Å². The van der Waals surface area contributed by atoms with E-state index >= 15 is 0 Å². The predicted molar refractivity (Wildman–Crippen MR) is 123 cm³/mol. The predicted octanol–water partition coefficient (Wildman–Crippen LogP) is 5.59. The zero-order valence-corrected chi connectivity index (χ0v) is 19.1. The molecule has 1 fully saturated rings. The van der Waals surface area contributed by atoms with E-state index in [1.165, 1.54) is 23.3 Å². The SMILES string of the molecule is Cc1nc(N[C@H](C)c2cccc(C(F)(F)F)c2F)c2cc(N3CCOCC3)c3c(c2n1)CCC3. The minimum atomic E-state index is -4.76. The summed E-state index contributed by atoms with van der Waals surface area (Å²) in [4.78, 5) is 11.6. The molecule has 9 heteroatoms. The maximum atomic E-state index is 14.8. The van der Waals surface area contributed by atoms with Crippen LogP contribution in [0.5, 0.6) is 0 Å². The molecular weight excluding hydrogens is 448 g/mol. The van der Waals surface area contributed by atoms with Gasteiger partial charge in [0.25, 0.3) is 0 Å². The van der Waals surface area contributed by atoms with Gasteiger partial charge >= 0.3 is 6.18 Å². The van der Waals surface area contributed by atoms with E-state index in [1.54, 1.807) is 13.8 Å². The first kappa shape index (κ1) is 22.8. The fourth-order valence-corrected chi connectivity index (χ4v) is 5.04. The maximum absolute atomic E-state index is 14.8. The van der Waals surface area contributed by atoms with Gasteiger partial charge in [0.15, 0.2) is 0 Å². The van der Waals surface area contributed by atoms with Crippen LogP contribution in [0.2, 0.25) is 0 Å². The second-order valence-electron chi connectivity index (χ2n) is 8.89. The van der Waals surface area contributed by atoms with Crippen LogP contribution < -0.4 is 10.2 Å². The topological polar surface area (TPSA) is 50.3 Å². The monoisotopic (exact) mass is 474 g/mol. The van der Waals surface area contributed by atoms with E-state index in [4.69, 9.17) is 9.72 Å². The number of anilines is 2. The first-order valence-electron chi connectivity index (χ1n) is 11.5. The number of ether oxygens (including phenoxy) is 1. The summed E-state index contributed by atoms with van der Waals surface area (Å²) in [5, 5.41) is 3.98. The summed E-state index contributed by atoms with van der Waals surface area (Å²) in [5.74, 6) is -0.212. The number of nitrogens with one attached hydrogen (secondary N) is 1. The van der Waals surface area contributed by atoms with Crippen LogP contribution in [0.1, 0.15) is 47.5 Å². The summed E-state index contributed by atoms with van der Waals surface area (Å²) in [6, 6.07) is 4.69. The number of fused-ring (bicyclic) bond motifs is 3. The highest BCUT2D eigenvalue weighted by atomic mass is 19.4. The molecule has 0 amide bonds. The van der Waals surface area contributed by atoms with Gasteiger partial charge in [-0.2, -0.15) is 13.2 Å². The molecule has 1 aliphatic carbocycles. The van der Waals surface area contributed by atoms with Crippen molar-refractivity contribution < 1.29 is 22.3 Å². The molecule has 3 aromatic rings. The second-order valence-corrected chi connectivity index (χ2v) is 8.89. The number of rotatable bonds is 4. The lowest BCUT2D eigenvalue weighted by molar-refractivity contribution is -0.140. The molecule has 0 saturated carbocycles. The molecule has 1 aromatic heterocycles. The second kappa shape index (κ2) is 8.69. The summed E-state index contributed by atoms with van der Waals surface area (Å²) in [7, 11) is 0. The van der Waals surface area contributed by atoms with E-state index in [0.717, 1.165) is 55.0 Å². The Morgan fingerprint density at radius 3 is 2.56 bits per heavy atom. The highest BCUT2D eigenvalue weighted by molar-refractivity contribution is 5.96. The first-order valence-corrected chi connectivity index (χ1v) is 11.5. The van der Waals surface area contributed by atoms with Crippen LogP contribution in [-0.4, -0.2) is 36.3 Å². The molecule has 34 heavy (non-hydrogen) atoms. The molecule has 1 aliphatic heterocycles. The lowest BCUT2D eigenvalue weighted by atomic mass is 10.0. The highest BCUT2D eigenvalue weighted by Gasteiger charge is 2.35. The Kier molecular flexibility index (Phi) is 5.83. The highest BCUT2D eigenvalue weighted by Crippen LogP contribution is 2.40. The van der Waals surface area contributed by atoms with Crippen LogP contribution in [0.4, 0.5) is 29.1 Å². The average Bonchev–Trinajstić information content (AvgIpc) is 3.29. The van der Waals surface area contributed by atoms with Crippen molar-refractivity contribution in [3.63, 3.8) is 0 Å². The summed E-state index contributed by atoms with van der Waals surface area (Å²) < 4.78 is 60.0. The Bertz CT molecular complexity index is 1240. The van der Waals surface area contributed by atoms with Crippen LogP contribution in [0.15, 0.2) is 24.3 Å². The Hall–Kier alpha value is -2.94. The quantitative estimate of drug-likeness (QED) is 0.500. The Balaban J connectivity index is 1.59. The summed E-state index contributed by atoms with van der Waals surface area (Å²) in [6.07, 6.45) is -1.82. The Morgan fingerprint density at radius 2 is 1.82 bits per heavy atom. The summed E-state index contributed by atoms with van der Waals surface area (Å²) in [6.45, 7) is 6.33. The third kappa shape index (κ3) is 4.06. The average molecular weight is 475 g/mol. The molecule has 1 N–H and O–H groups in total. The normalized spacial score (nSPS) is 17.2. The van der Waals surface area contributed by atoms with Crippen LogP contribution in [-0.2, 0) is 23.8 Å². The van der Waals surface area contributed by atoms with Gasteiger partial charge in [-0.1, -0.05) is 12.1 Å². The number of halogens is 4.